The van der Waals surface area contributed by atoms with Gasteiger partial charge in [0.1, 0.15) is 17.1 Å². The third-order valence-electron chi connectivity index (χ3n) is 5.18. The second kappa shape index (κ2) is 9.40. The summed E-state index contributed by atoms with van der Waals surface area (Å²) in [5, 5.41) is 29.8. The third kappa shape index (κ3) is 4.43. The summed E-state index contributed by atoms with van der Waals surface area (Å²) < 4.78 is 5.34. The van der Waals surface area contributed by atoms with Gasteiger partial charge in [0, 0.05) is 18.7 Å². The Labute approximate surface area is 175 Å². The molecule has 0 unspecified atom stereocenters. The van der Waals surface area contributed by atoms with Gasteiger partial charge in [-0.1, -0.05) is 24.3 Å². The maximum atomic E-state index is 13.0. The van der Waals surface area contributed by atoms with Crippen LogP contribution in [0.3, 0.4) is 0 Å². The number of nitrogens with zero attached hydrogens (tertiary/aromatic N) is 2. The Balaban J connectivity index is 2.02. The second-order valence-corrected chi connectivity index (χ2v) is 7.17. The first-order valence-electron chi connectivity index (χ1n) is 9.62. The zero-order valence-electron chi connectivity index (χ0n) is 17.1. The van der Waals surface area contributed by atoms with E-state index in [1.807, 2.05) is 19.2 Å². The molecule has 0 aliphatic carbocycles. The standard InChI is InChI=1S/C24H24N2O4/c1-26-11-9-18(10-12-26)22-19(15-27)13-21(30-2)23(24(22)29)20(28)8-7-16-3-5-17(14-25)6-4-16/h3-9,13,27,29H,10-12,15H2,1-2H3. The molecule has 3 rings (SSSR count). The van der Waals surface area contributed by atoms with Crippen LogP contribution in [0.1, 0.15) is 39.0 Å². The highest BCUT2D eigenvalue weighted by Crippen LogP contribution is 2.40. The highest BCUT2D eigenvalue weighted by atomic mass is 16.5. The number of phenols is 1. The molecule has 2 aromatic rings. The molecular weight excluding hydrogens is 380 g/mol. The van der Waals surface area contributed by atoms with Crippen LogP contribution in [0.4, 0.5) is 0 Å². The third-order valence-corrected chi connectivity index (χ3v) is 5.18. The van der Waals surface area contributed by atoms with Gasteiger partial charge < -0.3 is 19.8 Å². The van der Waals surface area contributed by atoms with Crippen LogP contribution < -0.4 is 4.74 Å². The second-order valence-electron chi connectivity index (χ2n) is 7.17. The summed E-state index contributed by atoms with van der Waals surface area (Å²) in [7, 11) is 3.43. The molecule has 0 aromatic heterocycles. The number of carbonyl (C=O) groups excluding carboxylic acids is 1. The number of aliphatic hydroxyl groups is 1. The number of aromatic hydroxyl groups is 1. The van der Waals surface area contributed by atoms with E-state index in [0.717, 1.165) is 24.2 Å². The molecule has 2 N–H and O–H groups in total. The smallest absolute Gasteiger partial charge is 0.193 e. The number of nitriles is 1. The molecule has 0 bridgehead atoms. The predicted octanol–water partition coefficient (Wildman–Crippen LogP) is 3.38. The molecule has 1 aliphatic heterocycles. The van der Waals surface area contributed by atoms with Gasteiger partial charge in [-0.2, -0.15) is 5.26 Å². The van der Waals surface area contributed by atoms with Crippen LogP contribution in [-0.4, -0.2) is 48.1 Å². The van der Waals surface area contributed by atoms with Crippen LogP contribution in [-0.2, 0) is 6.61 Å². The molecule has 154 valence electrons. The van der Waals surface area contributed by atoms with Gasteiger partial charge in [-0.25, -0.2) is 0 Å². The molecule has 6 nitrogen and oxygen atoms in total. The zero-order valence-corrected chi connectivity index (χ0v) is 17.1. The van der Waals surface area contributed by atoms with E-state index in [2.05, 4.69) is 4.90 Å². The number of rotatable bonds is 6. The molecule has 0 radical (unpaired) electrons. The number of ketones is 1. The highest BCUT2D eigenvalue weighted by Gasteiger charge is 2.25. The van der Waals surface area contributed by atoms with Crippen LogP contribution in [0.5, 0.6) is 11.5 Å². The van der Waals surface area contributed by atoms with Gasteiger partial charge in [-0.05, 0) is 54.4 Å². The number of ether oxygens (including phenoxy) is 1. The number of hydrogen-bond donors (Lipinski definition) is 2. The minimum Gasteiger partial charge on any atom is -0.506 e. The molecule has 2 aromatic carbocycles. The summed E-state index contributed by atoms with van der Waals surface area (Å²) in [5.74, 6) is -0.375. The van der Waals surface area contributed by atoms with Crippen molar-refractivity contribution in [3.8, 4) is 17.6 Å². The van der Waals surface area contributed by atoms with Crippen LogP contribution in [0.25, 0.3) is 11.6 Å². The van der Waals surface area contributed by atoms with Crippen molar-refractivity contribution in [3.05, 3.63) is 70.3 Å². The molecule has 6 heteroatoms. The van der Waals surface area contributed by atoms with E-state index < -0.39 is 5.78 Å². The van der Waals surface area contributed by atoms with E-state index in [1.54, 1.807) is 36.4 Å². The van der Waals surface area contributed by atoms with E-state index in [9.17, 15) is 15.0 Å². The van der Waals surface area contributed by atoms with Crippen molar-refractivity contribution in [1.82, 2.24) is 4.90 Å². The van der Waals surface area contributed by atoms with Crippen molar-refractivity contribution in [1.29, 1.82) is 5.26 Å². The monoisotopic (exact) mass is 404 g/mol. The molecule has 1 heterocycles. The number of hydrogen-bond acceptors (Lipinski definition) is 6. The lowest BCUT2D eigenvalue weighted by atomic mass is 9.90. The summed E-state index contributed by atoms with van der Waals surface area (Å²) in [6, 6.07) is 10.5. The van der Waals surface area contributed by atoms with Gasteiger partial charge in [0.25, 0.3) is 0 Å². The fourth-order valence-electron chi connectivity index (χ4n) is 3.50. The lowest BCUT2D eigenvalue weighted by molar-refractivity contribution is 0.104. The van der Waals surface area contributed by atoms with Gasteiger partial charge in [0.15, 0.2) is 5.78 Å². The first kappa shape index (κ1) is 21.3. The Morgan fingerprint density at radius 3 is 2.63 bits per heavy atom. The SMILES string of the molecule is COc1cc(CO)c(C2=CCN(C)CC2)c(O)c1C(=O)C=Cc1ccc(C#N)cc1. The molecule has 0 spiro atoms. The van der Waals surface area contributed by atoms with Gasteiger partial charge >= 0.3 is 0 Å². The number of likely N-dealkylation sites (N-methyl/N-ethyl adjacent to an activating group) is 1. The van der Waals surface area contributed by atoms with Crippen LogP contribution in [0.2, 0.25) is 0 Å². The first-order valence-corrected chi connectivity index (χ1v) is 9.62. The van der Waals surface area contributed by atoms with Crippen molar-refractivity contribution in [2.24, 2.45) is 0 Å². The number of phenolic OH excluding ortho intramolecular Hbond substituents is 1. The summed E-state index contributed by atoms with van der Waals surface area (Å²) in [6.45, 7) is 1.28. The van der Waals surface area contributed by atoms with E-state index in [1.165, 1.54) is 13.2 Å². The quantitative estimate of drug-likeness (QED) is 0.566. The Hall–Kier alpha value is -3.40. The van der Waals surface area contributed by atoms with Gasteiger partial charge in [-0.3, -0.25) is 4.79 Å². The number of allylic oxidation sites excluding steroid dienone is 1. The van der Waals surface area contributed by atoms with Gasteiger partial charge in [0.2, 0.25) is 0 Å². The minimum atomic E-state index is -0.409. The predicted molar refractivity (Wildman–Crippen MR) is 115 cm³/mol. The summed E-state index contributed by atoms with van der Waals surface area (Å²) in [6.07, 6.45) is 5.70. The van der Waals surface area contributed by atoms with Crippen LogP contribution in [0.15, 0.2) is 42.5 Å². The minimum absolute atomic E-state index is 0.0643. The largest absolute Gasteiger partial charge is 0.506 e. The number of benzene rings is 2. The first-order chi connectivity index (χ1) is 14.5. The number of aliphatic hydroxyl groups excluding tert-OH is 1. The van der Waals surface area contributed by atoms with Gasteiger partial charge in [0.05, 0.1) is 25.3 Å². The van der Waals surface area contributed by atoms with Crippen molar-refractivity contribution in [2.75, 3.05) is 27.2 Å². The van der Waals surface area contributed by atoms with E-state index in [0.29, 0.717) is 23.1 Å². The average molecular weight is 404 g/mol. The highest BCUT2D eigenvalue weighted by molar-refractivity contribution is 6.11. The lowest BCUT2D eigenvalue weighted by Crippen LogP contribution is -2.24. The van der Waals surface area contributed by atoms with Crippen LogP contribution >= 0.6 is 0 Å². The normalized spacial score (nSPS) is 14.4. The maximum absolute atomic E-state index is 13.0. The average Bonchev–Trinajstić information content (AvgIpc) is 2.77. The van der Waals surface area contributed by atoms with Gasteiger partial charge in [-0.15, -0.1) is 0 Å². The van der Waals surface area contributed by atoms with E-state index in [4.69, 9.17) is 10.00 Å². The lowest BCUT2D eigenvalue weighted by Gasteiger charge is -2.25. The zero-order chi connectivity index (χ0) is 21.7. The molecule has 0 amide bonds. The maximum Gasteiger partial charge on any atom is 0.193 e. The van der Waals surface area contributed by atoms with E-state index >= 15 is 0 Å². The molecule has 0 saturated heterocycles. The Morgan fingerprint density at radius 2 is 2.07 bits per heavy atom. The van der Waals surface area contributed by atoms with Crippen molar-refractivity contribution in [3.63, 3.8) is 0 Å². The summed E-state index contributed by atoms with van der Waals surface area (Å²) in [4.78, 5) is 15.1. The molecule has 30 heavy (non-hydrogen) atoms. The number of methoxy groups -OCH3 is 1. The fourth-order valence-corrected chi connectivity index (χ4v) is 3.50. The molecule has 0 atom stereocenters. The molecule has 0 saturated carbocycles. The van der Waals surface area contributed by atoms with E-state index in [-0.39, 0.29) is 23.7 Å². The topological polar surface area (TPSA) is 93.8 Å². The molecule has 0 fully saturated rings. The van der Waals surface area contributed by atoms with Crippen LogP contribution in [0, 0.1) is 11.3 Å². The summed E-state index contributed by atoms with van der Waals surface area (Å²) >= 11 is 0. The van der Waals surface area contributed by atoms with Crippen molar-refractivity contribution < 1.29 is 19.7 Å². The number of carbonyl (C=O) groups is 1. The Morgan fingerprint density at radius 1 is 1.33 bits per heavy atom. The Bertz CT molecular complexity index is 1050. The molecular formula is C24H24N2O4. The fraction of sp³-hybridized carbons (Fsp3) is 0.250. The van der Waals surface area contributed by atoms with Crippen molar-refractivity contribution >= 4 is 17.4 Å². The summed E-state index contributed by atoms with van der Waals surface area (Å²) in [5.41, 5.74) is 3.28. The molecule has 1 aliphatic rings. The van der Waals surface area contributed by atoms with Crippen molar-refractivity contribution in [2.45, 2.75) is 13.0 Å². The Kier molecular flexibility index (Phi) is 6.68.